The number of nitrogens with one attached hydrogen (secondary N) is 1. The lowest BCUT2D eigenvalue weighted by molar-refractivity contribution is 0.415. The minimum atomic E-state index is 0.529. The maximum atomic E-state index is 4.20. The van der Waals surface area contributed by atoms with Crippen molar-refractivity contribution in [3.05, 3.63) is 23.9 Å². The number of hydrogen-bond donors (Lipinski definition) is 1. The molecule has 1 N–H and O–H groups in total. The van der Waals surface area contributed by atoms with Gasteiger partial charge in [-0.05, 0) is 39.8 Å². The van der Waals surface area contributed by atoms with Gasteiger partial charge in [-0.3, -0.25) is 0 Å². The van der Waals surface area contributed by atoms with Crippen LogP contribution in [0.5, 0.6) is 0 Å². The molecule has 1 rings (SSSR count). The van der Waals surface area contributed by atoms with E-state index in [4.69, 9.17) is 0 Å². The van der Waals surface area contributed by atoms with E-state index in [2.05, 4.69) is 35.1 Å². The van der Waals surface area contributed by atoms with Crippen LogP contribution in [-0.4, -0.2) is 19.6 Å². The highest BCUT2D eigenvalue weighted by Crippen LogP contribution is 2.20. The summed E-state index contributed by atoms with van der Waals surface area (Å²) in [5, 5.41) is 11.7. The summed E-state index contributed by atoms with van der Waals surface area (Å²) in [7, 11) is 0. The summed E-state index contributed by atoms with van der Waals surface area (Å²) in [6.45, 7) is 10.9. The van der Waals surface area contributed by atoms with E-state index in [9.17, 15) is 0 Å². The zero-order chi connectivity index (χ0) is 11.1. The fourth-order valence-electron chi connectivity index (χ4n) is 1.57. The van der Waals surface area contributed by atoms with E-state index >= 15 is 0 Å². The normalized spacial score (nSPS) is 19.7. The Morgan fingerprint density at radius 1 is 1.47 bits per heavy atom. The first-order chi connectivity index (χ1) is 7.24. The Hall–Kier alpha value is -0.960. The molecule has 0 radical (unpaired) electrons. The third-order valence-electron chi connectivity index (χ3n) is 2.82. The van der Waals surface area contributed by atoms with Gasteiger partial charge in [-0.2, -0.15) is 10.2 Å². The first kappa shape index (κ1) is 12.1. The Bertz CT molecular complexity index is 260. The van der Waals surface area contributed by atoms with Crippen molar-refractivity contribution in [3.63, 3.8) is 0 Å². The number of allylic oxidation sites excluding steroid dienone is 2. The first-order valence-corrected chi connectivity index (χ1v) is 5.63. The molecule has 0 aromatic rings. The molecule has 0 aliphatic carbocycles. The van der Waals surface area contributed by atoms with E-state index in [1.54, 1.807) is 0 Å². The van der Waals surface area contributed by atoms with Crippen molar-refractivity contribution in [1.29, 1.82) is 0 Å². The molecule has 0 unspecified atom stereocenters. The van der Waals surface area contributed by atoms with Crippen LogP contribution in [0.2, 0.25) is 0 Å². The predicted molar refractivity (Wildman–Crippen MR) is 63.9 cm³/mol. The van der Waals surface area contributed by atoms with Crippen molar-refractivity contribution >= 4 is 0 Å². The van der Waals surface area contributed by atoms with E-state index in [0.717, 1.165) is 31.6 Å². The highest BCUT2D eigenvalue weighted by molar-refractivity contribution is 5.01. The van der Waals surface area contributed by atoms with Gasteiger partial charge in [0.15, 0.2) is 0 Å². The molecule has 1 fully saturated rings. The molecule has 0 amide bonds. The summed E-state index contributed by atoms with van der Waals surface area (Å²) in [5.41, 5.74) is 2.19. The number of hydrogen-bond acceptors (Lipinski definition) is 3. The van der Waals surface area contributed by atoms with Crippen molar-refractivity contribution in [1.82, 2.24) is 5.32 Å². The van der Waals surface area contributed by atoms with E-state index in [-0.39, 0.29) is 0 Å². The van der Waals surface area contributed by atoms with E-state index < -0.39 is 0 Å². The molecule has 0 aromatic carbocycles. The van der Waals surface area contributed by atoms with Crippen molar-refractivity contribution in [2.45, 2.75) is 26.7 Å². The van der Waals surface area contributed by atoms with Crippen LogP contribution in [0.15, 0.2) is 34.2 Å². The second-order valence-corrected chi connectivity index (χ2v) is 4.05. The molecule has 0 atom stereocenters. The number of azo groups is 1. The smallest absolute Gasteiger partial charge is 0.0810 e. The fraction of sp³-hybridized carbons (Fsp3) is 0.667. The van der Waals surface area contributed by atoms with Gasteiger partial charge < -0.3 is 5.32 Å². The summed E-state index contributed by atoms with van der Waals surface area (Å²) in [4.78, 5) is 0. The molecule has 0 saturated carbocycles. The van der Waals surface area contributed by atoms with Crippen LogP contribution in [-0.2, 0) is 0 Å². The molecule has 1 heterocycles. The van der Waals surface area contributed by atoms with Crippen molar-refractivity contribution in [3.8, 4) is 0 Å². The summed E-state index contributed by atoms with van der Waals surface area (Å²) in [5.74, 6) is 0.529. The van der Waals surface area contributed by atoms with Gasteiger partial charge in [0.05, 0.1) is 12.2 Å². The lowest BCUT2D eigenvalue weighted by Gasteiger charge is -2.21. The fourth-order valence-corrected chi connectivity index (χ4v) is 1.57. The molecule has 3 nitrogen and oxygen atoms in total. The van der Waals surface area contributed by atoms with Crippen molar-refractivity contribution in [2.75, 3.05) is 19.6 Å². The van der Waals surface area contributed by atoms with Gasteiger partial charge in [-0.1, -0.05) is 18.2 Å². The van der Waals surface area contributed by atoms with Gasteiger partial charge >= 0.3 is 0 Å². The molecular formula is C12H21N3. The molecule has 15 heavy (non-hydrogen) atoms. The topological polar surface area (TPSA) is 36.8 Å². The molecule has 84 valence electrons. The zero-order valence-electron chi connectivity index (χ0n) is 9.79. The first-order valence-electron chi connectivity index (χ1n) is 5.63. The average molecular weight is 207 g/mol. The van der Waals surface area contributed by atoms with Gasteiger partial charge in [-0.25, -0.2) is 0 Å². The SMILES string of the molecule is C=C(/N=N\C/C(C)=C\C)C1CCNCC1. The van der Waals surface area contributed by atoms with E-state index in [0.29, 0.717) is 12.5 Å². The lowest BCUT2D eigenvalue weighted by Crippen LogP contribution is -2.28. The molecule has 0 spiro atoms. The Kier molecular flexibility index (Phi) is 5.26. The molecular weight excluding hydrogens is 186 g/mol. The van der Waals surface area contributed by atoms with Crippen LogP contribution in [0.1, 0.15) is 26.7 Å². The van der Waals surface area contributed by atoms with Gasteiger partial charge in [-0.15, -0.1) is 0 Å². The molecule has 3 heteroatoms. The number of rotatable bonds is 4. The monoisotopic (exact) mass is 207 g/mol. The molecule has 1 saturated heterocycles. The second-order valence-electron chi connectivity index (χ2n) is 4.05. The maximum absolute atomic E-state index is 4.20. The predicted octanol–water partition coefficient (Wildman–Crippen LogP) is 2.92. The van der Waals surface area contributed by atoms with Gasteiger partial charge in [0.1, 0.15) is 0 Å². The second kappa shape index (κ2) is 6.51. The van der Waals surface area contributed by atoms with Crippen molar-refractivity contribution in [2.24, 2.45) is 16.1 Å². The van der Waals surface area contributed by atoms with Crippen LogP contribution in [0.4, 0.5) is 0 Å². The lowest BCUT2D eigenvalue weighted by atomic mass is 9.96. The van der Waals surface area contributed by atoms with E-state index in [1.165, 1.54) is 5.57 Å². The maximum Gasteiger partial charge on any atom is 0.0810 e. The Labute approximate surface area is 92.4 Å². The highest BCUT2D eigenvalue weighted by Gasteiger charge is 2.15. The summed E-state index contributed by atoms with van der Waals surface area (Å²) in [6.07, 6.45) is 4.34. The Morgan fingerprint density at radius 2 is 2.13 bits per heavy atom. The minimum absolute atomic E-state index is 0.529. The number of nitrogens with zero attached hydrogens (tertiary/aromatic N) is 2. The number of piperidine rings is 1. The van der Waals surface area contributed by atoms with Crippen LogP contribution >= 0.6 is 0 Å². The Balaban J connectivity index is 2.33. The van der Waals surface area contributed by atoms with E-state index in [1.807, 2.05) is 6.92 Å². The molecule has 0 bridgehead atoms. The summed E-state index contributed by atoms with van der Waals surface area (Å²) >= 11 is 0. The van der Waals surface area contributed by atoms with Crippen molar-refractivity contribution < 1.29 is 0 Å². The van der Waals surface area contributed by atoms with Crippen LogP contribution in [0, 0.1) is 5.92 Å². The van der Waals surface area contributed by atoms with Crippen LogP contribution in [0.25, 0.3) is 0 Å². The quantitative estimate of drug-likeness (QED) is 0.558. The van der Waals surface area contributed by atoms with Gasteiger partial charge in [0.25, 0.3) is 0 Å². The third-order valence-corrected chi connectivity index (χ3v) is 2.82. The zero-order valence-corrected chi connectivity index (χ0v) is 9.79. The molecule has 1 aliphatic rings. The standard InChI is InChI=1S/C12H21N3/c1-4-10(2)9-14-15-11(3)12-5-7-13-8-6-12/h4,12-13H,3,5-9H2,1-2H3/b10-4-,15-14-. The largest absolute Gasteiger partial charge is 0.317 e. The minimum Gasteiger partial charge on any atom is -0.317 e. The highest BCUT2D eigenvalue weighted by atomic mass is 15.1. The Morgan fingerprint density at radius 3 is 2.73 bits per heavy atom. The summed E-state index contributed by atoms with van der Waals surface area (Å²) < 4.78 is 0. The van der Waals surface area contributed by atoms with Gasteiger partial charge in [0, 0.05) is 5.92 Å². The summed E-state index contributed by atoms with van der Waals surface area (Å²) in [6, 6.07) is 0. The van der Waals surface area contributed by atoms with Crippen LogP contribution < -0.4 is 5.32 Å². The van der Waals surface area contributed by atoms with Gasteiger partial charge in [0.2, 0.25) is 0 Å². The third kappa shape index (κ3) is 4.38. The van der Waals surface area contributed by atoms with Crippen LogP contribution in [0.3, 0.4) is 0 Å². The average Bonchev–Trinajstić information content (AvgIpc) is 2.29. The molecule has 1 aliphatic heterocycles. The molecule has 0 aromatic heterocycles.